The van der Waals surface area contributed by atoms with Crippen LogP contribution in [-0.2, 0) is 4.79 Å². The summed E-state index contributed by atoms with van der Waals surface area (Å²) in [5, 5.41) is 10.3. The first-order valence-corrected chi connectivity index (χ1v) is 10.2. The molecule has 3 nitrogen and oxygen atoms in total. The zero-order chi connectivity index (χ0) is 19.1. The van der Waals surface area contributed by atoms with Crippen LogP contribution in [0.3, 0.4) is 0 Å². The Balaban J connectivity index is 2.25. The Kier molecular flexibility index (Phi) is 8.17. The van der Waals surface area contributed by atoms with E-state index in [4.69, 9.17) is 11.6 Å². The third kappa shape index (κ3) is 5.34. The summed E-state index contributed by atoms with van der Waals surface area (Å²) in [6.45, 7) is 7.79. The summed E-state index contributed by atoms with van der Waals surface area (Å²) in [7, 11) is 0. The lowest BCUT2D eigenvalue weighted by atomic mass is 9.84. The van der Waals surface area contributed by atoms with Crippen molar-refractivity contribution >= 4 is 17.5 Å². The van der Waals surface area contributed by atoms with Gasteiger partial charge in [-0.2, -0.15) is 0 Å². The average Bonchev–Trinajstić information content (AvgIpc) is 2.61. The Hall–Kier alpha value is -1.32. The highest BCUT2D eigenvalue weighted by Crippen LogP contribution is 2.39. The van der Waals surface area contributed by atoms with E-state index in [-0.39, 0.29) is 30.0 Å². The molecule has 0 bridgehead atoms. The van der Waals surface area contributed by atoms with Crippen LogP contribution in [0.25, 0.3) is 0 Å². The zero-order valence-electron chi connectivity index (χ0n) is 16.0. The number of carbonyl (C=O) groups is 1. The molecule has 0 radical (unpaired) electrons. The number of aliphatic hydroxyl groups excluding tert-OH is 1. The minimum absolute atomic E-state index is 0.0434. The molecule has 4 unspecified atom stereocenters. The van der Waals surface area contributed by atoms with Crippen molar-refractivity contribution in [2.24, 2.45) is 5.92 Å². The number of allylic oxidation sites excluding steroid dienone is 1. The molecule has 0 saturated carbocycles. The predicted octanol–water partition coefficient (Wildman–Crippen LogP) is 5.53. The van der Waals surface area contributed by atoms with Crippen molar-refractivity contribution in [1.29, 1.82) is 0 Å². The number of halogens is 1. The Bertz CT molecular complexity index is 584. The summed E-state index contributed by atoms with van der Waals surface area (Å²) in [6.07, 6.45) is 7.75. The summed E-state index contributed by atoms with van der Waals surface area (Å²) in [4.78, 5) is 15.4. The molecular weight excluding hydrogens is 346 g/mol. The van der Waals surface area contributed by atoms with Crippen molar-refractivity contribution in [2.75, 3.05) is 0 Å². The van der Waals surface area contributed by atoms with Crippen LogP contribution in [0.1, 0.15) is 70.4 Å². The van der Waals surface area contributed by atoms with Gasteiger partial charge >= 0.3 is 0 Å². The first-order valence-electron chi connectivity index (χ1n) is 9.84. The van der Waals surface area contributed by atoms with Gasteiger partial charge in [-0.15, -0.1) is 6.58 Å². The lowest BCUT2D eigenvalue weighted by molar-refractivity contribution is -0.145. The minimum atomic E-state index is -0.287. The van der Waals surface area contributed by atoms with Crippen molar-refractivity contribution in [1.82, 2.24) is 4.90 Å². The lowest BCUT2D eigenvalue weighted by Crippen LogP contribution is -2.48. The maximum Gasteiger partial charge on any atom is 0.226 e. The number of piperidine rings is 1. The van der Waals surface area contributed by atoms with Crippen LogP contribution in [0, 0.1) is 5.92 Å². The normalized spacial score (nSPS) is 22.9. The Morgan fingerprint density at radius 3 is 2.58 bits per heavy atom. The summed E-state index contributed by atoms with van der Waals surface area (Å²) >= 11 is 6.05. The van der Waals surface area contributed by atoms with Gasteiger partial charge in [0.2, 0.25) is 5.91 Å². The second kappa shape index (κ2) is 10.1. The second-order valence-corrected chi connectivity index (χ2v) is 7.89. The lowest BCUT2D eigenvalue weighted by Gasteiger charge is -2.44. The molecule has 1 saturated heterocycles. The molecule has 1 fully saturated rings. The van der Waals surface area contributed by atoms with Gasteiger partial charge in [0.1, 0.15) is 0 Å². The van der Waals surface area contributed by atoms with E-state index in [1.54, 1.807) is 0 Å². The molecule has 4 heteroatoms. The number of rotatable bonds is 9. The zero-order valence-corrected chi connectivity index (χ0v) is 16.8. The fraction of sp³-hybridized carbons (Fsp3) is 0.591. The Morgan fingerprint density at radius 1 is 1.31 bits per heavy atom. The number of aliphatic hydroxyl groups is 1. The largest absolute Gasteiger partial charge is 0.393 e. The van der Waals surface area contributed by atoms with Gasteiger partial charge in [-0.25, -0.2) is 0 Å². The molecular formula is C22H32ClNO2. The van der Waals surface area contributed by atoms with Crippen molar-refractivity contribution in [3.05, 3.63) is 47.5 Å². The van der Waals surface area contributed by atoms with Gasteiger partial charge < -0.3 is 10.0 Å². The average molecular weight is 378 g/mol. The molecule has 1 aromatic rings. The SMILES string of the molecule is C=CCC1CCC(c2ccc(Cl)cc2)N(C(CC)CCCC(C)O)C1=O. The second-order valence-electron chi connectivity index (χ2n) is 7.45. The van der Waals surface area contributed by atoms with Crippen LogP contribution < -0.4 is 0 Å². The molecule has 0 spiro atoms. The molecule has 0 aliphatic carbocycles. The predicted molar refractivity (Wildman–Crippen MR) is 108 cm³/mol. The van der Waals surface area contributed by atoms with E-state index >= 15 is 0 Å². The van der Waals surface area contributed by atoms with Crippen molar-refractivity contribution < 1.29 is 9.90 Å². The van der Waals surface area contributed by atoms with Gasteiger partial charge in [0.25, 0.3) is 0 Å². The van der Waals surface area contributed by atoms with E-state index in [0.717, 1.165) is 55.5 Å². The number of amides is 1. The molecule has 4 atom stereocenters. The van der Waals surface area contributed by atoms with Crippen molar-refractivity contribution in [2.45, 2.75) is 77.0 Å². The molecule has 1 aromatic carbocycles. The molecule has 1 heterocycles. The van der Waals surface area contributed by atoms with E-state index < -0.39 is 0 Å². The van der Waals surface area contributed by atoms with Crippen LogP contribution in [0.4, 0.5) is 0 Å². The van der Waals surface area contributed by atoms with Gasteiger partial charge in [0.05, 0.1) is 12.1 Å². The Morgan fingerprint density at radius 2 is 2.00 bits per heavy atom. The monoisotopic (exact) mass is 377 g/mol. The third-order valence-electron chi connectivity index (χ3n) is 5.46. The Labute approximate surface area is 163 Å². The fourth-order valence-electron chi connectivity index (χ4n) is 4.04. The summed E-state index contributed by atoms with van der Waals surface area (Å²) in [5.41, 5.74) is 1.16. The third-order valence-corrected chi connectivity index (χ3v) is 5.71. The van der Waals surface area contributed by atoms with Gasteiger partial charge in [0, 0.05) is 17.0 Å². The van der Waals surface area contributed by atoms with E-state index in [1.165, 1.54) is 0 Å². The molecule has 2 rings (SSSR count). The maximum atomic E-state index is 13.3. The van der Waals surface area contributed by atoms with Crippen LogP contribution in [0.5, 0.6) is 0 Å². The number of nitrogens with zero attached hydrogens (tertiary/aromatic N) is 1. The number of hydrogen-bond donors (Lipinski definition) is 1. The molecule has 144 valence electrons. The number of carbonyl (C=O) groups excluding carboxylic acids is 1. The first kappa shape index (κ1) is 21.0. The number of hydrogen-bond acceptors (Lipinski definition) is 2. The van der Waals surface area contributed by atoms with Crippen LogP contribution >= 0.6 is 11.6 Å². The van der Waals surface area contributed by atoms with E-state index in [9.17, 15) is 9.90 Å². The van der Waals surface area contributed by atoms with Gasteiger partial charge in [-0.05, 0) is 69.6 Å². The number of likely N-dealkylation sites (tertiary alicyclic amines) is 1. The highest BCUT2D eigenvalue weighted by atomic mass is 35.5. The highest BCUT2D eigenvalue weighted by molar-refractivity contribution is 6.30. The van der Waals surface area contributed by atoms with Crippen LogP contribution in [-0.4, -0.2) is 28.1 Å². The summed E-state index contributed by atoms with van der Waals surface area (Å²) in [6, 6.07) is 8.22. The molecule has 26 heavy (non-hydrogen) atoms. The first-order chi connectivity index (χ1) is 12.5. The topological polar surface area (TPSA) is 40.5 Å². The van der Waals surface area contributed by atoms with Crippen molar-refractivity contribution in [3.63, 3.8) is 0 Å². The van der Waals surface area contributed by atoms with Crippen LogP contribution in [0.15, 0.2) is 36.9 Å². The smallest absolute Gasteiger partial charge is 0.226 e. The molecule has 1 N–H and O–H groups in total. The molecule has 1 amide bonds. The van der Waals surface area contributed by atoms with E-state index in [2.05, 4.69) is 18.4 Å². The van der Waals surface area contributed by atoms with Crippen LogP contribution in [0.2, 0.25) is 5.02 Å². The highest BCUT2D eigenvalue weighted by Gasteiger charge is 2.38. The number of benzene rings is 1. The maximum absolute atomic E-state index is 13.3. The summed E-state index contributed by atoms with van der Waals surface area (Å²) in [5.74, 6) is 0.293. The van der Waals surface area contributed by atoms with Gasteiger partial charge in [-0.3, -0.25) is 4.79 Å². The van der Waals surface area contributed by atoms with Gasteiger partial charge in [0.15, 0.2) is 0 Å². The van der Waals surface area contributed by atoms with E-state index in [0.29, 0.717) is 0 Å². The molecule has 1 aliphatic rings. The molecule has 0 aromatic heterocycles. The standard InChI is InChI=1S/C22H32ClNO2/c1-4-7-18-12-15-21(17-10-13-19(23)14-11-17)24(22(18)26)20(5-2)9-6-8-16(3)25/h4,10-11,13-14,16,18,20-21,25H,1,5-9,12,15H2,2-3H3. The fourth-order valence-corrected chi connectivity index (χ4v) is 4.17. The van der Waals surface area contributed by atoms with E-state index in [1.807, 2.05) is 37.3 Å². The minimum Gasteiger partial charge on any atom is -0.393 e. The quantitative estimate of drug-likeness (QED) is 0.575. The molecule has 1 aliphatic heterocycles. The van der Waals surface area contributed by atoms with Gasteiger partial charge in [-0.1, -0.05) is 36.7 Å². The summed E-state index contributed by atoms with van der Waals surface area (Å²) < 4.78 is 0. The van der Waals surface area contributed by atoms with Crippen molar-refractivity contribution in [3.8, 4) is 0 Å².